The predicted molar refractivity (Wildman–Crippen MR) is 93.4 cm³/mol. The van der Waals surface area contributed by atoms with Crippen molar-refractivity contribution in [1.82, 2.24) is 9.97 Å². The molecule has 1 atom stereocenters. The van der Waals surface area contributed by atoms with Crippen molar-refractivity contribution in [2.45, 2.75) is 13.0 Å². The number of benzene rings is 1. The van der Waals surface area contributed by atoms with Gasteiger partial charge in [0.15, 0.2) is 0 Å². The number of hydrogen-bond donors (Lipinski definition) is 2. The largest absolute Gasteiger partial charge is 0.383 e. The summed E-state index contributed by atoms with van der Waals surface area (Å²) in [7, 11) is 1.54. The molecule has 128 valence electrons. The third-order valence-electron chi connectivity index (χ3n) is 2.99. The molecule has 2 aromatic rings. The fourth-order valence-electron chi connectivity index (χ4n) is 1.99. The van der Waals surface area contributed by atoms with E-state index in [2.05, 4.69) is 20.6 Å². The van der Waals surface area contributed by atoms with E-state index in [-0.39, 0.29) is 23.4 Å². The van der Waals surface area contributed by atoms with Crippen LogP contribution < -0.4 is 10.6 Å². The Bertz CT molecular complexity index is 744. The summed E-state index contributed by atoms with van der Waals surface area (Å²) in [6.07, 6.45) is 1.22. The lowest BCUT2D eigenvalue weighted by molar-refractivity contribution is -0.383. The van der Waals surface area contributed by atoms with Gasteiger partial charge in [-0.3, -0.25) is 10.1 Å². The Morgan fingerprint density at radius 3 is 2.67 bits per heavy atom. The van der Waals surface area contributed by atoms with Crippen LogP contribution in [0.3, 0.4) is 0 Å². The highest BCUT2D eigenvalue weighted by molar-refractivity contribution is 6.36. The Hall–Kier alpha value is -2.16. The molecule has 0 amide bonds. The molecule has 0 bridgehead atoms. The first kappa shape index (κ1) is 18.2. The normalized spacial score (nSPS) is 11.8. The number of ether oxygens (including phenoxy) is 1. The van der Waals surface area contributed by atoms with Gasteiger partial charge in [-0.1, -0.05) is 23.2 Å². The van der Waals surface area contributed by atoms with Crippen molar-refractivity contribution < 1.29 is 9.66 Å². The highest BCUT2D eigenvalue weighted by Crippen LogP contribution is 2.34. The highest BCUT2D eigenvalue weighted by atomic mass is 35.5. The van der Waals surface area contributed by atoms with Crippen molar-refractivity contribution >= 4 is 46.2 Å². The summed E-state index contributed by atoms with van der Waals surface area (Å²) in [5.74, 6) is 0.110. The maximum Gasteiger partial charge on any atom is 0.353 e. The van der Waals surface area contributed by atoms with Gasteiger partial charge in [-0.2, -0.15) is 0 Å². The van der Waals surface area contributed by atoms with E-state index in [0.29, 0.717) is 22.3 Å². The molecular formula is C14H15Cl2N5O3. The first-order valence-electron chi connectivity index (χ1n) is 6.89. The van der Waals surface area contributed by atoms with Gasteiger partial charge in [0, 0.05) is 18.2 Å². The van der Waals surface area contributed by atoms with Crippen molar-refractivity contribution in [3.63, 3.8) is 0 Å². The molecule has 0 radical (unpaired) electrons. The molecule has 0 aliphatic carbocycles. The Kier molecular flexibility index (Phi) is 6.13. The molecule has 0 saturated carbocycles. The maximum absolute atomic E-state index is 11.5. The molecule has 1 aromatic carbocycles. The molecular weight excluding hydrogens is 357 g/mol. The summed E-state index contributed by atoms with van der Waals surface area (Å²) in [5, 5.41) is 18.0. The number of hydrogen-bond acceptors (Lipinski definition) is 7. The maximum atomic E-state index is 11.5. The minimum Gasteiger partial charge on any atom is -0.383 e. The van der Waals surface area contributed by atoms with E-state index in [4.69, 9.17) is 27.9 Å². The standard InChI is InChI=1S/C14H15Cl2N5O3/c1-8(6-24-2)19-13-12(21(22)23)14(18-7-17-13)20-11-4-3-9(15)5-10(11)16/h3-5,7-8H,6H2,1-2H3,(H2,17,18,19,20). The second-order valence-electron chi connectivity index (χ2n) is 4.93. The number of methoxy groups -OCH3 is 1. The van der Waals surface area contributed by atoms with E-state index in [9.17, 15) is 10.1 Å². The van der Waals surface area contributed by atoms with Gasteiger partial charge in [0.05, 0.1) is 22.2 Å². The number of halogens is 2. The van der Waals surface area contributed by atoms with Crippen LogP contribution in [0.15, 0.2) is 24.5 Å². The van der Waals surface area contributed by atoms with Gasteiger partial charge >= 0.3 is 5.69 Å². The molecule has 0 fully saturated rings. The summed E-state index contributed by atoms with van der Waals surface area (Å²) < 4.78 is 5.01. The lowest BCUT2D eigenvalue weighted by atomic mass is 10.3. The molecule has 1 heterocycles. The Labute approximate surface area is 148 Å². The molecule has 0 aliphatic rings. The van der Waals surface area contributed by atoms with Crippen molar-refractivity contribution in [3.05, 3.63) is 44.7 Å². The first-order chi connectivity index (χ1) is 11.4. The van der Waals surface area contributed by atoms with Crippen molar-refractivity contribution in [3.8, 4) is 0 Å². The number of anilines is 3. The van der Waals surface area contributed by atoms with Gasteiger partial charge in [-0.15, -0.1) is 0 Å². The van der Waals surface area contributed by atoms with Gasteiger partial charge in [0.2, 0.25) is 11.6 Å². The summed E-state index contributed by atoms with van der Waals surface area (Å²) in [5.41, 5.74) is 0.158. The van der Waals surface area contributed by atoms with Crippen molar-refractivity contribution in [2.75, 3.05) is 24.4 Å². The van der Waals surface area contributed by atoms with Crippen LogP contribution in [0.1, 0.15) is 6.92 Å². The number of nitro groups is 1. The van der Waals surface area contributed by atoms with Crippen LogP contribution in [0.5, 0.6) is 0 Å². The fraction of sp³-hybridized carbons (Fsp3) is 0.286. The van der Waals surface area contributed by atoms with Gasteiger partial charge in [-0.05, 0) is 25.1 Å². The van der Waals surface area contributed by atoms with Crippen molar-refractivity contribution in [1.29, 1.82) is 0 Å². The van der Waals surface area contributed by atoms with Crippen LogP contribution in [0, 0.1) is 10.1 Å². The van der Waals surface area contributed by atoms with Crippen LogP contribution in [0.25, 0.3) is 0 Å². The van der Waals surface area contributed by atoms with E-state index in [1.807, 2.05) is 6.92 Å². The van der Waals surface area contributed by atoms with E-state index in [1.165, 1.54) is 12.4 Å². The lowest BCUT2D eigenvalue weighted by Gasteiger charge is -2.15. The zero-order chi connectivity index (χ0) is 17.7. The average Bonchev–Trinajstić information content (AvgIpc) is 2.50. The number of aromatic nitrogens is 2. The molecule has 1 unspecified atom stereocenters. The zero-order valence-corrected chi connectivity index (χ0v) is 14.4. The lowest BCUT2D eigenvalue weighted by Crippen LogP contribution is -2.22. The van der Waals surface area contributed by atoms with Crippen LogP contribution >= 0.6 is 23.2 Å². The number of nitrogens with one attached hydrogen (secondary N) is 2. The third kappa shape index (κ3) is 4.44. The van der Waals surface area contributed by atoms with E-state index < -0.39 is 4.92 Å². The topological polar surface area (TPSA) is 102 Å². The molecule has 2 N–H and O–H groups in total. The van der Waals surface area contributed by atoms with E-state index in [0.717, 1.165) is 0 Å². The van der Waals surface area contributed by atoms with Crippen LogP contribution in [-0.2, 0) is 4.74 Å². The van der Waals surface area contributed by atoms with Crippen molar-refractivity contribution in [2.24, 2.45) is 0 Å². The van der Waals surface area contributed by atoms with E-state index >= 15 is 0 Å². The van der Waals surface area contributed by atoms with Crippen LogP contribution in [0.2, 0.25) is 10.0 Å². The highest BCUT2D eigenvalue weighted by Gasteiger charge is 2.24. The SMILES string of the molecule is COCC(C)Nc1ncnc(Nc2ccc(Cl)cc2Cl)c1[N+](=O)[O-]. The van der Waals surface area contributed by atoms with Gasteiger partial charge in [0.25, 0.3) is 0 Å². The average molecular weight is 372 g/mol. The second kappa shape index (κ2) is 8.09. The molecule has 0 spiro atoms. The zero-order valence-electron chi connectivity index (χ0n) is 12.9. The fourth-order valence-corrected chi connectivity index (χ4v) is 2.45. The monoisotopic (exact) mass is 371 g/mol. The predicted octanol–water partition coefficient (Wildman–Crippen LogP) is 3.88. The molecule has 8 nitrogen and oxygen atoms in total. The Morgan fingerprint density at radius 1 is 1.33 bits per heavy atom. The van der Waals surface area contributed by atoms with Gasteiger partial charge < -0.3 is 15.4 Å². The number of rotatable bonds is 7. The Balaban J connectivity index is 2.37. The molecule has 24 heavy (non-hydrogen) atoms. The smallest absolute Gasteiger partial charge is 0.353 e. The minimum absolute atomic E-state index is 0.0198. The second-order valence-corrected chi connectivity index (χ2v) is 5.77. The quantitative estimate of drug-likeness (QED) is 0.562. The summed E-state index contributed by atoms with van der Waals surface area (Å²) >= 11 is 11.9. The van der Waals surface area contributed by atoms with Crippen LogP contribution in [0.4, 0.5) is 23.0 Å². The first-order valence-corrected chi connectivity index (χ1v) is 7.65. The summed E-state index contributed by atoms with van der Waals surface area (Å²) in [4.78, 5) is 18.8. The summed E-state index contributed by atoms with van der Waals surface area (Å²) in [6, 6.07) is 4.58. The summed E-state index contributed by atoms with van der Waals surface area (Å²) in [6.45, 7) is 2.19. The third-order valence-corrected chi connectivity index (χ3v) is 3.54. The minimum atomic E-state index is -0.561. The molecule has 1 aromatic heterocycles. The molecule has 10 heteroatoms. The number of nitrogens with zero attached hydrogens (tertiary/aromatic N) is 3. The van der Waals surface area contributed by atoms with Gasteiger partial charge in [-0.25, -0.2) is 9.97 Å². The van der Waals surface area contributed by atoms with Gasteiger partial charge in [0.1, 0.15) is 6.33 Å². The molecule has 2 rings (SSSR count). The van der Waals surface area contributed by atoms with Crippen LogP contribution in [-0.4, -0.2) is 34.6 Å². The molecule has 0 saturated heterocycles. The Morgan fingerprint density at radius 2 is 2.04 bits per heavy atom. The van der Waals surface area contributed by atoms with E-state index in [1.54, 1.807) is 19.2 Å². The molecule has 0 aliphatic heterocycles.